The van der Waals surface area contributed by atoms with Crippen molar-refractivity contribution < 1.29 is 0 Å². The molecular formula is C15H26N2. The van der Waals surface area contributed by atoms with Gasteiger partial charge in [0.15, 0.2) is 0 Å². The average molecular weight is 234 g/mol. The highest BCUT2D eigenvalue weighted by Gasteiger charge is 2.14. The Kier molecular flexibility index (Phi) is 5.33. The Morgan fingerprint density at radius 3 is 2.29 bits per heavy atom. The fraction of sp³-hybridized carbons (Fsp3) is 0.600. The molecule has 1 aromatic carbocycles. The first kappa shape index (κ1) is 13.9. The van der Waals surface area contributed by atoms with E-state index in [1.807, 2.05) is 6.07 Å². The summed E-state index contributed by atoms with van der Waals surface area (Å²) in [5, 5.41) is 0. The zero-order chi connectivity index (χ0) is 12.8. The SMILES string of the molecule is CCCCC(CC)c1cc(CC)c(N)cc1N. The van der Waals surface area contributed by atoms with E-state index in [0.717, 1.165) is 24.2 Å². The van der Waals surface area contributed by atoms with Crippen molar-refractivity contribution in [2.75, 3.05) is 11.5 Å². The molecule has 0 bridgehead atoms. The first-order valence-corrected chi connectivity index (χ1v) is 6.81. The largest absolute Gasteiger partial charge is 0.398 e. The predicted octanol–water partition coefficient (Wildman–Crippen LogP) is 4.10. The molecule has 1 atom stereocenters. The Bertz CT molecular complexity index is 358. The molecule has 2 heteroatoms. The van der Waals surface area contributed by atoms with Gasteiger partial charge in [0.1, 0.15) is 0 Å². The van der Waals surface area contributed by atoms with Crippen molar-refractivity contribution in [3.63, 3.8) is 0 Å². The number of anilines is 2. The van der Waals surface area contributed by atoms with Crippen molar-refractivity contribution in [1.82, 2.24) is 0 Å². The molecule has 1 unspecified atom stereocenters. The van der Waals surface area contributed by atoms with Gasteiger partial charge >= 0.3 is 0 Å². The van der Waals surface area contributed by atoms with E-state index in [1.165, 1.54) is 30.4 Å². The summed E-state index contributed by atoms with van der Waals surface area (Å²) >= 11 is 0. The Morgan fingerprint density at radius 2 is 1.76 bits per heavy atom. The predicted molar refractivity (Wildman–Crippen MR) is 77.2 cm³/mol. The summed E-state index contributed by atoms with van der Waals surface area (Å²) in [6.45, 7) is 6.61. The van der Waals surface area contributed by atoms with Crippen molar-refractivity contribution in [3.05, 3.63) is 23.3 Å². The summed E-state index contributed by atoms with van der Waals surface area (Å²) in [5.41, 5.74) is 16.3. The molecule has 0 radical (unpaired) electrons. The van der Waals surface area contributed by atoms with Crippen LogP contribution in [0.5, 0.6) is 0 Å². The lowest BCUT2D eigenvalue weighted by Gasteiger charge is -2.19. The second-order valence-electron chi connectivity index (χ2n) is 4.78. The fourth-order valence-corrected chi connectivity index (χ4v) is 2.39. The third-order valence-electron chi connectivity index (χ3n) is 3.56. The number of nitrogen functional groups attached to an aromatic ring is 2. The molecule has 0 spiro atoms. The summed E-state index contributed by atoms with van der Waals surface area (Å²) in [6.07, 6.45) is 5.86. The maximum absolute atomic E-state index is 6.11. The summed E-state index contributed by atoms with van der Waals surface area (Å²) in [6, 6.07) is 4.15. The van der Waals surface area contributed by atoms with Crippen LogP contribution in [0.1, 0.15) is 63.5 Å². The number of aryl methyl sites for hydroxylation is 1. The lowest BCUT2D eigenvalue weighted by Crippen LogP contribution is -2.05. The maximum atomic E-state index is 6.11. The molecular weight excluding hydrogens is 208 g/mol. The van der Waals surface area contributed by atoms with Crippen molar-refractivity contribution in [2.24, 2.45) is 0 Å². The van der Waals surface area contributed by atoms with Gasteiger partial charge in [0.05, 0.1) is 0 Å². The lowest BCUT2D eigenvalue weighted by molar-refractivity contribution is 0.570. The smallest absolute Gasteiger partial charge is 0.0370 e. The molecule has 0 aliphatic heterocycles. The number of unbranched alkanes of at least 4 members (excludes halogenated alkanes) is 1. The molecule has 0 saturated carbocycles. The van der Waals surface area contributed by atoms with E-state index in [1.54, 1.807) is 0 Å². The molecule has 0 aromatic heterocycles. The van der Waals surface area contributed by atoms with E-state index < -0.39 is 0 Å². The van der Waals surface area contributed by atoms with Gasteiger partial charge in [0, 0.05) is 11.4 Å². The Labute approximate surface area is 105 Å². The molecule has 1 rings (SSSR count). The molecule has 96 valence electrons. The van der Waals surface area contributed by atoms with E-state index in [4.69, 9.17) is 11.5 Å². The zero-order valence-corrected chi connectivity index (χ0v) is 11.4. The summed E-state index contributed by atoms with van der Waals surface area (Å²) in [7, 11) is 0. The van der Waals surface area contributed by atoms with Crippen LogP contribution in [0.4, 0.5) is 11.4 Å². The standard InChI is InChI=1S/C15H26N2/c1-4-7-8-11(5-2)13-9-12(6-3)14(16)10-15(13)17/h9-11H,4-8,16-17H2,1-3H3. The molecule has 1 aromatic rings. The van der Waals surface area contributed by atoms with Gasteiger partial charge in [-0.05, 0) is 42.4 Å². The van der Waals surface area contributed by atoms with Crippen LogP contribution in [0.3, 0.4) is 0 Å². The second-order valence-corrected chi connectivity index (χ2v) is 4.78. The molecule has 0 aliphatic rings. The number of hydrogen-bond donors (Lipinski definition) is 2. The first-order chi connectivity index (χ1) is 8.13. The molecule has 4 N–H and O–H groups in total. The number of benzene rings is 1. The third kappa shape index (κ3) is 3.39. The van der Waals surface area contributed by atoms with Gasteiger partial charge in [0.2, 0.25) is 0 Å². The van der Waals surface area contributed by atoms with Crippen LogP contribution < -0.4 is 11.5 Å². The molecule has 0 heterocycles. The normalized spacial score (nSPS) is 12.6. The minimum atomic E-state index is 0.584. The number of nitrogens with two attached hydrogens (primary N) is 2. The van der Waals surface area contributed by atoms with Crippen molar-refractivity contribution in [1.29, 1.82) is 0 Å². The molecule has 17 heavy (non-hydrogen) atoms. The van der Waals surface area contributed by atoms with Gasteiger partial charge in [-0.25, -0.2) is 0 Å². The van der Waals surface area contributed by atoms with Crippen LogP contribution >= 0.6 is 0 Å². The first-order valence-electron chi connectivity index (χ1n) is 6.81. The van der Waals surface area contributed by atoms with Gasteiger partial charge in [-0.1, -0.05) is 39.7 Å². The highest BCUT2D eigenvalue weighted by atomic mass is 14.6. The monoisotopic (exact) mass is 234 g/mol. The minimum Gasteiger partial charge on any atom is -0.398 e. The van der Waals surface area contributed by atoms with Gasteiger partial charge < -0.3 is 11.5 Å². The highest BCUT2D eigenvalue weighted by Crippen LogP contribution is 2.33. The maximum Gasteiger partial charge on any atom is 0.0370 e. The topological polar surface area (TPSA) is 52.0 Å². The van der Waals surface area contributed by atoms with E-state index in [9.17, 15) is 0 Å². The molecule has 0 fully saturated rings. The lowest BCUT2D eigenvalue weighted by atomic mass is 9.88. The van der Waals surface area contributed by atoms with E-state index >= 15 is 0 Å². The van der Waals surface area contributed by atoms with Gasteiger partial charge in [0.25, 0.3) is 0 Å². The van der Waals surface area contributed by atoms with E-state index in [-0.39, 0.29) is 0 Å². The summed E-state index contributed by atoms with van der Waals surface area (Å²) in [4.78, 5) is 0. The minimum absolute atomic E-state index is 0.584. The summed E-state index contributed by atoms with van der Waals surface area (Å²) in [5.74, 6) is 0.584. The van der Waals surface area contributed by atoms with Crippen LogP contribution in [0.2, 0.25) is 0 Å². The van der Waals surface area contributed by atoms with Gasteiger partial charge in [-0.15, -0.1) is 0 Å². The quantitative estimate of drug-likeness (QED) is 0.728. The fourth-order valence-electron chi connectivity index (χ4n) is 2.39. The van der Waals surface area contributed by atoms with E-state index in [2.05, 4.69) is 26.8 Å². The van der Waals surface area contributed by atoms with Crippen LogP contribution in [0.15, 0.2) is 12.1 Å². The van der Waals surface area contributed by atoms with Crippen molar-refractivity contribution in [2.45, 2.75) is 58.8 Å². The second kappa shape index (κ2) is 6.53. The Balaban J connectivity index is 3.01. The van der Waals surface area contributed by atoms with Gasteiger partial charge in [-0.2, -0.15) is 0 Å². The molecule has 0 aliphatic carbocycles. The number of rotatable bonds is 6. The van der Waals surface area contributed by atoms with Crippen molar-refractivity contribution >= 4 is 11.4 Å². The highest BCUT2D eigenvalue weighted by molar-refractivity contribution is 5.62. The Hall–Kier alpha value is -1.18. The number of hydrogen-bond acceptors (Lipinski definition) is 2. The average Bonchev–Trinajstić information content (AvgIpc) is 2.32. The van der Waals surface area contributed by atoms with Crippen LogP contribution in [0.25, 0.3) is 0 Å². The Morgan fingerprint density at radius 1 is 1.06 bits per heavy atom. The van der Waals surface area contributed by atoms with Crippen LogP contribution in [-0.2, 0) is 6.42 Å². The van der Waals surface area contributed by atoms with Crippen LogP contribution in [0, 0.1) is 0 Å². The van der Waals surface area contributed by atoms with Crippen molar-refractivity contribution in [3.8, 4) is 0 Å². The summed E-state index contributed by atoms with van der Waals surface area (Å²) < 4.78 is 0. The van der Waals surface area contributed by atoms with E-state index in [0.29, 0.717) is 5.92 Å². The molecule has 0 amide bonds. The third-order valence-corrected chi connectivity index (χ3v) is 3.56. The van der Waals surface area contributed by atoms with Gasteiger partial charge in [-0.3, -0.25) is 0 Å². The molecule has 0 saturated heterocycles. The van der Waals surface area contributed by atoms with Crippen LogP contribution in [-0.4, -0.2) is 0 Å². The molecule has 2 nitrogen and oxygen atoms in total. The zero-order valence-electron chi connectivity index (χ0n) is 11.4.